The van der Waals surface area contributed by atoms with Crippen molar-refractivity contribution in [2.24, 2.45) is 0 Å². The Balaban J connectivity index is 2.90. The average Bonchev–Trinajstić information content (AvgIpc) is 2.45. The smallest absolute Gasteiger partial charge is 0.455 e. The second-order valence-electron chi connectivity index (χ2n) is 6.02. The van der Waals surface area contributed by atoms with E-state index in [9.17, 15) is 26.8 Å². The zero-order valence-corrected chi connectivity index (χ0v) is 19.2. The second-order valence-corrected chi connectivity index (χ2v) is 9.81. The van der Waals surface area contributed by atoms with Crippen molar-refractivity contribution < 1.29 is 45.6 Å². The highest BCUT2D eigenvalue weighted by molar-refractivity contribution is 14.1. The molecule has 152 valence electrons. The number of halogens is 4. The van der Waals surface area contributed by atoms with Gasteiger partial charge >= 0.3 is 27.5 Å². The van der Waals surface area contributed by atoms with E-state index < -0.39 is 39.7 Å². The summed E-state index contributed by atoms with van der Waals surface area (Å²) in [6, 6.07) is 2.75. The van der Waals surface area contributed by atoms with E-state index in [-0.39, 0.29) is 11.3 Å². The molecular weight excluding hydrogens is 620 g/mol. The monoisotopic (exact) mass is 634 g/mol. The summed E-state index contributed by atoms with van der Waals surface area (Å²) in [4.78, 5) is 23.0. The van der Waals surface area contributed by atoms with Gasteiger partial charge in [0.05, 0.1) is 7.14 Å². The summed E-state index contributed by atoms with van der Waals surface area (Å²) >= 11 is 3.61. The van der Waals surface area contributed by atoms with E-state index in [1.807, 2.05) is 0 Å². The first-order chi connectivity index (χ1) is 12.0. The molecule has 0 fully saturated rings. The van der Waals surface area contributed by atoms with Crippen molar-refractivity contribution >= 4 is 67.4 Å². The molecule has 0 amide bonds. The fourth-order valence-electron chi connectivity index (χ4n) is 1.49. The van der Waals surface area contributed by atoms with Crippen LogP contribution in [0.15, 0.2) is 12.1 Å². The van der Waals surface area contributed by atoms with Crippen molar-refractivity contribution in [3.8, 4) is 5.75 Å². The highest BCUT2D eigenvalue weighted by Crippen LogP contribution is 2.30. The topological polar surface area (TPSA) is 116 Å². The van der Waals surface area contributed by atoms with Gasteiger partial charge in [-0.25, -0.2) is 9.59 Å². The first kappa shape index (κ1) is 24.2. The molecule has 8 nitrogen and oxygen atoms in total. The summed E-state index contributed by atoms with van der Waals surface area (Å²) in [5, 5.41) is -5.08. The van der Waals surface area contributed by atoms with Crippen LogP contribution < -0.4 is 4.74 Å². The van der Waals surface area contributed by atoms with Crippen LogP contribution in [0.2, 0.25) is 0 Å². The highest BCUT2D eigenvalue weighted by atomic mass is 127. The Morgan fingerprint density at radius 1 is 1.15 bits per heavy atom. The van der Waals surface area contributed by atoms with Gasteiger partial charge in [-0.1, -0.05) is 0 Å². The lowest BCUT2D eigenvalue weighted by atomic mass is 10.2. The molecule has 1 aromatic carbocycles. The Kier molecular flexibility index (Phi) is 7.80. The van der Waals surface area contributed by atoms with Crippen LogP contribution in [0, 0.1) is 7.14 Å². The lowest BCUT2D eigenvalue weighted by Crippen LogP contribution is -2.38. The van der Waals surface area contributed by atoms with E-state index in [4.69, 9.17) is 14.0 Å². The quantitative estimate of drug-likeness (QED) is 0.226. The average molecular weight is 634 g/mol. The molecule has 1 rings (SSSR count). The predicted octanol–water partition coefficient (Wildman–Crippen LogP) is 3.73. The first-order valence-electron chi connectivity index (χ1n) is 6.95. The summed E-state index contributed by atoms with van der Waals surface area (Å²) in [6.07, 6.45) is -0.940. The van der Waals surface area contributed by atoms with Crippen molar-refractivity contribution in [1.29, 1.82) is 0 Å². The lowest BCUT2D eigenvalue weighted by Gasteiger charge is -2.19. The number of ether oxygens (including phenoxy) is 3. The van der Waals surface area contributed by atoms with Gasteiger partial charge in [0.2, 0.25) is 0 Å². The number of hydrogen-bond donors (Lipinski definition) is 1. The molecule has 0 bridgehead atoms. The van der Waals surface area contributed by atoms with Crippen LogP contribution in [-0.4, -0.2) is 36.0 Å². The van der Waals surface area contributed by atoms with Gasteiger partial charge in [0.15, 0.2) is 5.75 Å². The molecule has 13 heteroatoms. The normalized spacial score (nSPS) is 12.4. The molecule has 0 aliphatic heterocycles. The summed E-state index contributed by atoms with van der Waals surface area (Å²) < 4.78 is 70.8. The van der Waals surface area contributed by atoms with Crippen LogP contribution in [0.25, 0.3) is 0 Å². The molecular formula is C14H14F2I2O8S. The standard InChI is InChI=1S/C14H14F2I2O8S/c1-13(2,3)26-12(20)25-10-8(17)4-7(5-9(10)18)6-24-11(19)14(15,16)27(21,22)23/h4-5H,6H2,1-3H3,(H,21,22,23). The van der Waals surface area contributed by atoms with Crippen LogP contribution in [0.5, 0.6) is 5.75 Å². The van der Waals surface area contributed by atoms with Gasteiger partial charge < -0.3 is 14.2 Å². The van der Waals surface area contributed by atoms with E-state index in [1.54, 1.807) is 66.0 Å². The summed E-state index contributed by atoms with van der Waals surface area (Å²) in [6.45, 7) is 4.28. The van der Waals surface area contributed by atoms with E-state index in [1.165, 1.54) is 12.1 Å². The van der Waals surface area contributed by atoms with Crippen molar-refractivity contribution in [3.63, 3.8) is 0 Å². The SMILES string of the molecule is CC(C)(C)OC(=O)Oc1c(I)cc(COC(=O)C(F)(F)S(=O)(=O)O)cc1I. The molecule has 0 aliphatic rings. The molecule has 0 saturated heterocycles. The Hall–Kier alpha value is -0.810. The molecule has 0 radical (unpaired) electrons. The largest absolute Gasteiger partial charge is 0.514 e. The highest BCUT2D eigenvalue weighted by Gasteiger charge is 2.54. The maximum atomic E-state index is 13.1. The molecule has 0 saturated carbocycles. The molecule has 27 heavy (non-hydrogen) atoms. The van der Waals surface area contributed by atoms with Crippen LogP contribution in [0.4, 0.5) is 13.6 Å². The first-order valence-corrected chi connectivity index (χ1v) is 10.5. The molecule has 0 heterocycles. The van der Waals surface area contributed by atoms with Crippen LogP contribution in [-0.2, 0) is 31.0 Å². The molecule has 0 spiro atoms. The molecule has 1 aromatic rings. The fourth-order valence-corrected chi connectivity index (χ4v) is 3.87. The maximum absolute atomic E-state index is 13.1. The third-order valence-electron chi connectivity index (χ3n) is 2.56. The molecule has 0 aromatic heterocycles. The molecule has 1 N–H and O–H groups in total. The van der Waals surface area contributed by atoms with Gasteiger partial charge in [0.25, 0.3) is 0 Å². The van der Waals surface area contributed by atoms with Gasteiger partial charge in [-0.05, 0) is 83.6 Å². The third kappa shape index (κ3) is 6.94. The predicted molar refractivity (Wildman–Crippen MR) is 105 cm³/mol. The van der Waals surface area contributed by atoms with Crippen LogP contribution in [0.1, 0.15) is 26.3 Å². The number of carbonyl (C=O) groups is 2. The minimum absolute atomic E-state index is 0.156. The second kappa shape index (κ2) is 8.69. The number of rotatable bonds is 5. The van der Waals surface area contributed by atoms with E-state index in [0.29, 0.717) is 7.14 Å². The number of carbonyl (C=O) groups excluding carboxylic acids is 2. The van der Waals surface area contributed by atoms with E-state index in [0.717, 1.165) is 0 Å². The number of hydrogen-bond acceptors (Lipinski definition) is 7. The zero-order valence-electron chi connectivity index (χ0n) is 14.1. The maximum Gasteiger partial charge on any atom is 0.514 e. The minimum Gasteiger partial charge on any atom is -0.455 e. The van der Waals surface area contributed by atoms with Gasteiger partial charge in [-0.2, -0.15) is 17.2 Å². The van der Waals surface area contributed by atoms with Crippen molar-refractivity contribution in [3.05, 3.63) is 24.8 Å². The Morgan fingerprint density at radius 3 is 2.04 bits per heavy atom. The van der Waals surface area contributed by atoms with E-state index in [2.05, 4.69) is 4.74 Å². The Bertz CT molecular complexity index is 826. The summed E-state index contributed by atoms with van der Waals surface area (Å²) in [5.41, 5.74) is -0.541. The third-order valence-corrected chi connectivity index (χ3v) is 4.98. The van der Waals surface area contributed by atoms with Crippen LogP contribution in [0.3, 0.4) is 0 Å². The minimum atomic E-state index is -5.94. The summed E-state index contributed by atoms with van der Waals surface area (Å²) in [5.74, 6) is -2.26. The lowest BCUT2D eigenvalue weighted by molar-refractivity contribution is -0.162. The van der Waals surface area contributed by atoms with Crippen molar-refractivity contribution in [2.75, 3.05) is 0 Å². The Morgan fingerprint density at radius 2 is 1.63 bits per heavy atom. The van der Waals surface area contributed by atoms with Gasteiger partial charge in [0.1, 0.15) is 12.2 Å². The van der Waals surface area contributed by atoms with E-state index >= 15 is 0 Å². The molecule has 0 atom stereocenters. The summed E-state index contributed by atoms with van der Waals surface area (Å²) in [7, 11) is -5.94. The number of esters is 1. The number of alkyl halides is 2. The molecule has 0 aliphatic carbocycles. The van der Waals surface area contributed by atoms with Crippen molar-refractivity contribution in [1.82, 2.24) is 0 Å². The van der Waals surface area contributed by atoms with Gasteiger partial charge in [-0.15, -0.1) is 0 Å². The Labute approximate surface area is 180 Å². The van der Waals surface area contributed by atoms with Gasteiger partial charge in [-0.3, -0.25) is 4.55 Å². The van der Waals surface area contributed by atoms with Crippen LogP contribution >= 0.6 is 45.2 Å². The zero-order chi connectivity index (χ0) is 21.2. The molecule has 0 unspecified atom stereocenters. The fraction of sp³-hybridized carbons (Fsp3) is 0.429. The number of benzene rings is 1. The van der Waals surface area contributed by atoms with Crippen molar-refractivity contribution in [2.45, 2.75) is 38.2 Å². The van der Waals surface area contributed by atoms with Gasteiger partial charge in [0, 0.05) is 0 Å².